The minimum atomic E-state index is -3.54. The number of hydrogen-bond donors (Lipinski definition) is 0. The van der Waals surface area contributed by atoms with E-state index in [0.29, 0.717) is 0 Å². The van der Waals surface area contributed by atoms with Crippen molar-refractivity contribution in [2.24, 2.45) is 0 Å². The lowest BCUT2D eigenvalue weighted by Gasteiger charge is -2.20. The standard InChI is InChI=1S/C11H10BrF3O/c1-3-16-7(2)11(14,15)8-5-4-6-9(12)10(8)13/h4-6H,2-3H2,1H3. The van der Waals surface area contributed by atoms with E-state index in [1.807, 2.05) is 0 Å². The second-order valence-corrected chi connectivity index (χ2v) is 3.89. The molecule has 0 radical (unpaired) electrons. The maximum absolute atomic E-state index is 13.7. The summed E-state index contributed by atoms with van der Waals surface area (Å²) >= 11 is 2.85. The molecule has 0 heterocycles. The highest BCUT2D eigenvalue weighted by Gasteiger charge is 2.40. The van der Waals surface area contributed by atoms with Gasteiger partial charge in [-0.05, 0) is 35.0 Å². The Morgan fingerprint density at radius 2 is 2.12 bits per heavy atom. The first-order chi connectivity index (χ1) is 7.41. The lowest BCUT2D eigenvalue weighted by atomic mass is 10.1. The van der Waals surface area contributed by atoms with Crippen molar-refractivity contribution in [3.05, 3.63) is 46.4 Å². The molecule has 1 aromatic rings. The molecule has 0 aliphatic heterocycles. The zero-order valence-electron chi connectivity index (χ0n) is 8.57. The quantitative estimate of drug-likeness (QED) is 0.755. The Kier molecular flexibility index (Phi) is 4.02. The van der Waals surface area contributed by atoms with Gasteiger partial charge >= 0.3 is 5.92 Å². The Bertz CT molecular complexity index is 404. The van der Waals surface area contributed by atoms with Crippen molar-refractivity contribution < 1.29 is 17.9 Å². The summed E-state index contributed by atoms with van der Waals surface area (Å²) in [5.74, 6) is -5.30. The molecule has 0 saturated heterocycles. The molecule has 0 saturated carbocycles. The van der Waals surface area contributed by atoms with E-state index in [9.17, 15) is 13.2 Å². The van der Waals surface area contributed by atoms with Crippen LogP contribution in [-0.2, 0) is 10.7 Å². The van der Waals surface area contributed by atoms with Crippen molar-refractivity contribution in [2.45, 2.75) is 12.8 Å². The van der Waals surface area contributed by atoms with E-state index >= 15 is 0 Å². The Hall–Kier alpha value is -0.970. The molecule has 88 valence electrons. The highest BCUT2D eigenvalue weighted by Crippen LogP contribution is 2.38. The third kappa shape index (κ3) is 2.40. The number of ether oxygens (including phenoxy) is 1. The topological polar surface area (TPSA) is 9.23 Å². The monoisotopic (exact) mass is 294 g/mol. The Morgan fingerprint density at radius 3 is 2.69 bits per heavy atom. The van der Waals surface area contributed by atoms with Gasteiger partial charge < -0.3 is 4.74 Å². The summed E-state index contributed by atoms with van der Waals surface area (Å²) in [5, 5.41) is 0. The number of hydrogen-bond acceptors (Lipinski definition) is 1. The largest absolute Gasteiger partial charge is 0.492 e. The Balaban J connectivity index is 3.16. The fraction of sp³-hybridized carbons (Fsp3) is 0.273. The SMILES string of the molecule is C=C(OCC)C(F)(F)c1cccc(Br)c1F. The summed E-state index contributed by atoms with van der Waals surface area (Å²) in [5.41, 5.74) is -0.750. The van der Waals surface area contributed by atoms with E-state index in [1.54, 1.807) is 6.92 Å². The predicted molar refractivity (Wildman–Crippen MR) is 58.8 cm³/mol. The third-order valence-electron chi connectivity index (χ3n) is 1.96. The van der Waals surface area contributed by atoms with Gasteiger partial charge in [0.25, 0.3) is 0 Å². The molecule has 0 fully saturated rings. The number of rotatable bonds is 4. The van der Waals surface area contributed by atoms with Gasteiger partial charge in [0.05, 0.1) is 16.6 Å². The molecule has 0 aliphatic carbocycles. The van der Waals surface area contributed by atoms with Crippen LogP contribution in [0.1, 0.15) is 12.5 Å². The van der Waals surface area contributed by atoms with Gasteiger partial charge in [-0.2, -0.15) is 8.78 Å². The van der Waals surface area contributed by atoms with E-state index in [-0.39, 0.29) is 11.1 Å². The molecule has 0 amide bonds. The smallest absolute Gasteiger partial charge is 0.331 e. The van der Waals surface area contributed by atoms with Gasteiger partial charge in [0.2, 0.25) is 0 Å². The van der Waals surface area contributed by atoms with Crippen LogP contribution < -0.4 is 0 Å². The zero-order chi connectivity index (χ0) is 12.3. The molecule has 0 spiro atoms. The molecular formula is C11H10BrF3O. The van der Waals surface area contributed by atoms with E-state index in [1.165, 1.54) is 12.1 Å². The molecule has 1 aromatic carbocycles. The summed E-state index contributed by atoms with van der Waals surface area (Å²) in [6.45, 7) is 4.72. The van der Waals surface area contributed by atoms with E-state index < -0.39 is 23.1 Å². The van der Waals surface area contributed by atoms with Crippen LogP contribution in [0.25, 0.3) is 0 Å². The van der Waals surface area contributed by atoms with Crippen LogP contribution >= 0.6 is 15.9 Å². The molecule has 1 rings (SSSR count). The predicted octanol–water partition coefficient (Wildman–Crippen LogP) is 4.23. The average Bonchev–Trinajstić information content (AvgIpc) is 2.22. The number of halogens is 4. The van der Waals surface area contributed by atoms with Crippen LogP contribution in [-0.4, -0.2) is 6.61 Å². The normalized spacial score (nSPS) is 11.3. The van der Waals surface area contributed by atoms with Crippen LogP contribution in [0.4, 0.5) is 13.2 Å². The first-order valence-electron chi connectivity index (χ1n) is 4.55. The maximum atomic E-state index is 13.7. The Morgan fingerprint density at radius 1 is 1.50 bits per heavy atom. The van der Waals surface area contributed by atoms with Crippen molar-refractivity contribution in [3.63, 3.8) is 0 Å². The number of allylic oxidation sites excluding steroid dienone is 1. The summed E-state index contributed by atoms with van der Waals surface area (Å²) in [7, 11) is 0. The van der Waals surface area contributed by atoms with Gasteiger partial charge in [-0.3, -0.25) is 0 Å². The van der Waals surface area contributed by atoms with E-state index in [4.69, 9.17) is 0 Å². The fourth-order valence-electron chi connectivity index (χ4n) is 1.16. The van der Waals surface area contributed by atoms with E-state index in [0.717, 1.165) is 6.07 Å². The lowest BCUT2D eigenvalue weighted by molar-refractivity contribution is -0.0265. The van der Waals surface area contributed by atoms with Gasteiger partial charge in [-0.25, -0.2) is 4.39 Å². The third-order valence-corrected chi connectivity index (χ3v) is 2.57. The first-order valence-corrected chi connectivity index (χ1v) is 5.35. The van der Waals surface area contributed by atoms with Crippen LogP contribution in [0.3, 0.4) is 0 Å². The number of alkyl halides is 2. The highest BCUT2D eigenvalue weighted by molar-refractivity contribution is 9.10. The number of benzene rings is 1. The van der Waals surface area contributed by atoms with Crippen molar-refractivity contribution in [1.82, 2.24) is 0 Å². The van der Waals surface area contributed by atoms with E-state index in [2.05, 4.69) is 27.2 Å². The van der Waals surface area contributed by atoms with Crippen LogP contribution in [0.5, 0.6) is 0 Å². The van der Waals surface area contributed by atoms with Crippen LogP contribution in [0, 0.1) is 5.82 Å². The summed E-state index contributed by atoms with van der Waals surface area (Å²) in [4.78, 5) is 0. The summed E-state index contributed by atoms with van der Waals surface area (Å²) in [6, 6.07) is 3.68. The molecule has 5 heteroatoms. The minimum absolute atomic E-state index is 0.0195. The zero-order valence-corrected chi connectivity index (χ0v) is 10.2. The van der Waals surface area contributed by atoms with Gasteiger partial charge in [-0.15, -0.1) is 0 Å². The average molecular weight is 295 g/mol. The van der Waals surface area contributed by atoms with Gasteiger partial charge in [-0.1, -0.05) is 12.6 Å². The van der Waals surface area contributed by atoms with Gasteiger partial charge in [0, 0.05) is 0 Å². The maximum Gasteiger partial charge on any atom is 0.331 e. The molecule has 0 aliphatic rings. The second-order valence-electron chi connectivity index (χ2n) is 3.03. The van der Waals surface area contributed by atoms with Crippen molar-refractivity contribution in [2.75, 3.05) is 6.61 Å². The molecule has 0 bridgehead atoms. The lowest BCUT2D eigenvalue weighted by Crippen LogP contribution is -2.20. The van der Waals surface area contributed by atoms with Crippen molar-refractivity contribution in [1.29, 1.82) is 0 Å². The molecule has 0 unspecified atom stereocenters. The molecule has 16 heavy (non-hydrogen) atoms. The summed E-state index contributed by atoms with van der Waals surface area (Å²) < 4.78 is 45.5. The van der Waals surface area contributed by atoms with Gasteiger partial charge in [0.1, 0.15) is 5.82 Å². The molecule has 0 aromatic heterocycles. The molecule has 1 nitrogen and oxygen atoms in total. The van der Waals surface area contributed by atoms with Crippen LogP contribution in [0.15, 0.2) is 35.0 Å². The molecule has 0 atom stereocenters. The van der Waals surface area contributed by atoms with Crippen molar-refractivity contribution >= 4 is 15.9 Å². The highest BCUT2D eigenvalue weighted by atomic mass is 79.9. The van der Waals surface area contributed by atoms with Crippen molar-refractivity contribution in [3.8, 4) is 0 Å². The molecular weight excluding hydrogens is 285 g/mol. The summed E-state index contributed by atoms with van der Waals surface area (Å²) in [6.07, 6.45) is 0. The fourth-order valence-corrected chi connectivity index (χ4v) is 1.53. The minimum Gasteiger partial charge on any atom is -0.492 e. The van der Waals surface area contributed by atoms with Crippen LogP contribution in [0.2, 0.25) is 0 Å². The first kappa shape index (κ1) is 13.1. The Labute approximate surface area is 100 Å². The second kappa shape index (κ2) is 4.91. The molecule has 0 N–H and O–H groups in total. The van der Waals surface area contributed by atoms with Gasteiger partial charge in [0.15, 0.2) is 5.76 Å².